The number of aryl methyl sites for hydroxylation is 1. The van der Waals surface area contributed by atoms with Gasteiger partial charge in [-0.1, -0.05) is 6.07 Å². The molecule has 0 spiro atoms. The second kappa shape index (κ2) is 7.41. The molecular weight excluding hydrogens is 296 g/mol. The summed E-state index contributed by atoms with van der Waals surface area (Å²) in [5.74, 6) is 0.339. The number of urea groups is 1. The lowest BCUT2D eigenvalue weighted by atomic mass is 10.1. The molecule has 7 heteroatoms. The number of rotatable bonds is 4. The number of morpholine rings is 1. The van der Waals surface area contributed by atoms with Gasteiger partial charge in [-0.3, -0.25) is 4.79 Å². The van der Waals surface area contributed by atoms with E-state index in [1.54, 1.807) is 17.2 Å². The van der Waals surface area contributed by atoms with Gasteiger partial charge in [0, 0.05) is 25.7 Å². The van der Waals surface area contributed by atoms with Gasteiger partial charge in [0.05, 0.1) is 18.8 Å². The molecule has 3 amide bonds. The smallest absolute Gasteiger partial charge is 0.317 e. The number of amides is 3. The molecule has 2 N–H and O–H groups in total. The molecule has 0 atom stereocenters. The van der Waals surface area contributed by atoms with Crippen molar-refractivity contribution in [1.82, 2.24) is 15.2 Å². The summed E-state index contributed by atoms with van der Waals surface area (Å²) in [6.07, 6.45) is 1.90. The van der Waals surface area contributed by atoms with Crippen molar-refractivity contribution >= 4 is 17.8 Å². The maximum atomic E-state index is 12.1. The number of ether oxygens (including phenoxy) is 1. The van der Waals surface area contributed by atoms with E-state index in [0.29, 0.717) is 25.5 Å². The minimum Gasteiger partial charge on any atom is -0.372 e. The van der Waals surface area contributed by atoms with Crippen LogP contribution in [-0.4, -0.2) is 53.7 Å². The highest BCUT2D eigenvalue weighted by Crippen LogP contribution is 2.16. The quantitative estimate of drug-likeness (QED) is 0.881. The fourth-order valence-corrected chi connectivity index (χ4v) is 2.33. The highest BCUT2D eigenvalue weighted by atomic mass is 16.5. The van der Waals surface area contributed by atoms with Gasteiger partial charge >= 0.3 is 6.03 Å². The predicted octanol–water partition coefficient (Wildman–Crippen LogP) is 1.54. The SMILES string of the molecule is Cc1ccc(NC(=O)CCNC(=O)N2CCOC(C)(C)C2)nc1. The molecule has 1 aromatic rings. The second-order valence-corrected chi connectivity index (χ2v) is 6.28. The summed E-state index contributed by atoms with van der Waals surface area (Å²) in [7, 11) is 0. The Balaban J connectivity index is 1.70. The third-order valence-corrected chi connectivity index (χ3v) is 3.52. The van der Waals surface area contributed by atoms with Gasteiger partial charge in [-0.05, 0) is 32.4 Å². The van der Waals surface area contributed by atoms with Crippen LogP contribution in [0.5, 0.6) is 0 Å². The Bertz CT molecular complexity index is 557. The fourth-order valence-electron chi connectivity index (χ4n) is 2.33. The van der Waals surface area contributed by atoms with Crippen LogP contribution in [0.2, 0.25) is 0 Å². The highest BCUT2D eigenvalue weighted by Gasteiger charge is 2.29. The molecule has 2 heterocycles. The van der Waals surface area contributed by atoms with Crippen molar-refractivity contribution in [2.24, 2.45) is 0 Å². The normalized spacial score (nSPS) is 16.7. The van der Waals surface area contributed by atoms with E-state index in [4.69, 9.17) is 4.74 Å². The van der Waals surface area contributed by atoms with Crippen molar-refractivity contribution in [1.29, 1.82) is 0 Å². The monoisotopic (exact) mass is 320 g/mol. The highest BCUT2D eigenvalue weighted by molar-refractivity contribution is 5.90. The minimum atomic E-state index is -0.329. The van der Waals surface area contributed by atoms with Gasteiger partial charge in [-0.2, -0.15) is 0 Å². The Morgan fingerprint density at radius 3 is 2.83 bits per heavy atom. The molecule has 23 heavy (non-hydrogen) atoms. The van der Waals surface area contributed by atoms with Crippen LogP contribution in [0.4, 0.5) is 10.6 Å². The van der Waals surface area contributed by atoms with Crippen LogP contribution in [0.25, 0.3) is 0 Å². The Morgan fingerprint density at radius 1 is 1.39 bits per heavy atom. The van der Waals surface area contributed by atoms with Gasteiger partial charge in [-0.15, -0.1) is 0 Å². The number of nitrogens with zero attached hydrogens (tertiary/aromatic N) is 2. The van der Waals surface area contributed by atoms with Crippen molar-refractivity contribution in [3.8, 4) is 0 Å². The largest absolute Gasteiger partial charge is 0.372 e. The lowest BCUT2D eigenvalue weighted by Gasteiger charge is -2.38. The van der Waals surface area contributed by atoms with Gasteiger partial charge in [0.25, 0.3) is 0 Å². The zero-order chi connectivity index (χ0) is 16.9. The molecule has 7 nitrogen and oxygen atoms in total. The first kappa shape index (κ1) is 17.2. The Hall–Kier alpha value is -2.15. The van der Waals surface area contributed by atoms with E-state index in [1.165, 1.54) is 0 Å². The lowest BCUT2D eigenvalue weighted by molar-refractivity contribution is -0.116. The molecule has 0 radical (unpaired) electrons. The van der Waals surface area contributed by atoms with E-state index in [1.807, 2.05) is 26.8 Å². The molecule has 1 aliphatic heterocycles. The number of pyridine rings is 1. The van der Waals surface area contributed by atoms with Crippen LogP contribution in [0.1, 0.15) is 25.8 Å². The van der Waals surface area contributed by atoms with E-state index in [0.717, 1.165) is 5.56 Å². The van der Waals surface area contributed by atoms with E-state index < -0.39 is 0 Å². The van der Waals surface area contributed by atoms with Crippen molar-refractivity contribution in [2.75, 3.05) is 31.6 Å². The van der Waals surface area contributed by atoms with E-state index in [-0.39, 0.29) is 30.5 Å². The Morgan fingerprint density at radius 2 is 2.17 bits per heavy atom. The average molecular weight is 320 g/mol. The molecular formula is C16H24N4O3. The number of aromatic nitrogens is 1. The van der Waals surface area contributed by atoms with Crippen molar-refractivity contribution < 1.29 is 14.3 Å². The van der Waals surface area contributed by atoms with E-state index >= 15 is 0 Å². The fraction of sp³-hybridized carbons (Fsp3) is 0.562. The van der Waals surface area contributed by atoms with Crippen LogP contribution in [-0.2, 0) is 9.53 Å². The third-order valence-electron chi connectivity index (χ3n) is 3.52. The zero-order valence-corrected chi connectivity index (χ0v) is 13.9. The summed E-state index contributed by atoms with van der Waals surface area (Å²) in [5.41, 5.74) is 0.702. The van der Waals surface area contributed by atoms with Crippen LogP contribution >= 0.6 is 0 Å². The number of hydrogen-bond donors (Lipinski definition) is 2. The summed E-state index contributed by atoms with van der Waals surface area (Å²) in [5, 5.41) is 5.47. The molecule has 0 aromatic carbocycles. The molecule has 1 aliphatic rings. The van der Waals surface area contributed by atoms with Gasteiger partial charge in [0.15, 0.2) is 0 Å². The van der Waals surface area contributed by atoms with Gasteiger partial charge in [0.1, 0.15) is 5.82 Å². The Labute approximate surface area is 136 Å². The third kappa shape index (κ3) is 5.52. The molecule has 1 saturated heterocycles. The summed E-state index contributed by atoms with van der Waals surface area (Å²) < 4.78 is 5.57. The number of hydrogen-bond acceptors (Lipinski definition) is 4. The van der Waals surface area contributed by atoms with Crippen LogP contribution in [0.3, 0.4) is 0 Å². The Kier molecular flexibility index (Phi) is 5.54. The lowest BCUT2D eigenvalue weighted by Crippen LogP contribution is -2.53. The van der Waals surface area contributed by atoms with E-state index in [2.05, 4.69) is 15.6 Å². The molecule has 2 rings (SSSR count). The average Bonchev–Trinajstić information content (AvgIpc) is 2.48. The molecule has 1 fully saturated rings. The van der Waals surface area contributed by atoms with Crippen LogP contribution in [0.15, 0.2) is 18.3 Å². The first-order valence-electron chi connectivity index (χ1n) is 7.75. The van der Waals surface area contributed by atoms with Crippen LogP contribution in [0, 0.1) is 6.92 Å². The number of carbonyl (C=O) groups excluding carboxylic acids is 2. The number of nitrogens with one attached hydrogen (secondary N) is 2. The summed E-state index contributed by atoms with van der Waals surface area (Å²) in [6.45, 7) is 7.76. The molecule has 126 valence electrons. The maximum absolute atomic E-state index is 12.1. The van der Waals surface area contributed by atoms with Crippen molar-refractivity contribution in [3.63, 3.8) is 0 Å². The summed E-state index contributed by atoms with van der Waals surface area (Å²) in [6, 6.07) is 3.47. The predicted molar refractivity (Wildman–Crippen MR) is 87.2 cm³/mol. The van der Waals surface area contributed by atoms with Crippen molar-refractivity contribution in [2.45, 2.75) is 32.8 Å². The topological polar surface area (TPSA) is 83.6 Å². The molecule has 0 unspecified atom stereocenters. The number of anilines is 1. The molecule has 0 saturated carbocycles. The van der Waals surface area contributed by atoms with Crippen LogP contribution < -0.4 is 10.6 Å². The summed E-state index contributed by atoms with van der Waals surface area (Å²) >= 11 is 0. The summed E-state index contributed by atoms with van der Waals surface area (Å²) in [4.78, 5) is 29.7. The van der Waals surface area contributed by atoms with Gasteiger partial charge < -0.3 is 20.3 Å². The zero-order valence-electron chi connectivity index (χ0n) is 13.9. The van der Waals surface area contributed by atoms with E-state index in [9.17, 15) is 9.59 Å². The van der Waals surface area contributed by atoms with Gasteiger partial charge in [0.2, 0.25) is 5.91 Å². The first-order chi connectivity index (χ1) is 10.9. The molecule has 1 aromatic heterocycles. The van der Waals surface area contributed by atoms with Gasteiger partial charge in [-0.25, -0.2) is 9.78 Å². The standard InChI is InChI=1S/C16H24N4O3/c1-12-4-5-13(18-10-12)19-14(21)6-7-17-15(22)20-8-9-23-16(2,3)11-20/h4-5,10H,6-9,11H2,1-3H3,(H,17,22)(H,18,19,21). The first-order valence-corrected chi connectivity index (χ1v) is 7.75. The molecule has 0 bridgehead atoms. The molecule has 0 aliphatic carbocycles. The minimum absolute atomic E-state index is 0.164. The van der Waals surface area contributed by atoms with Crippen molar-refractivity contribution in [3.05, 3.63) is 23.9 Å². The second-order valence-electron chi connectivity index (χ2n) is 6.28. The number of carbonyl (C=O) groups is 2. The maximum Gasteiger partial charge on any atom is 0.317 e.